The lowest BCUT2D eigenvalue weighted by Crippen LogP contribution is -2.29. The van der Waals surface area contributed by atoms with Crippen molar-refractivity contribution in [3.05, 3.63) is 0 Å². The Bertz CT molecular complexity index is 311. The summed E-state index contributed by atoms with van der Waals surface area (Å²) in [5, 5.41) is 8.10. The highest BCUT2D eigenvalue weighted by molar-refractivity contribution is 7.92. The highest BCUT2D eigenvalue weighted by Gasteiger charge is 2.16. The summed E-state index contributed by atoms with van der Waals surface area (Å²) in [5.41, 5.74) is 0. The molecular weight excluding hydrogens is 230 g/mol. The van der Waals surface area contributed by atoms with Crippen molar-refractivity contribution in [2.24, 2.45) is 0 Å². The zero-order valence-electron chi connectivity index (χ0n) is 10.1. The molecule has 96 valence electrons. The van der Waals surface area contributed by atoms with Crippen LogP contribution in [0.25, 0.3) is 0 Å². The molecule has 0 unspecified atom stereocenters. The van der Waals surface area contributed by atoms with E-state index in [1.54, 1.807) is 20.9 Å². The van der Waals surface area contributed by atoms with Gasteiger partial charge < -0.3 is 10.0 Å². The molecule has 5 nitrogen and oxygen atoms in total. The van der Waals surface area contributed by atoms with Gasteiger partial charge in [-0.15, -0.1) is 0 Å². The van der Waals surface area contributed by atoms with E-state index in [1.807, 2.05) is 4.90 Å². The molecule has 0 bridgehead atoms. The van der Waals surface area contributed by atoms with E-state index in [9.17, 15) is 13.2 Å². The number of rotatable bonds is 8. The Hall–Kier alpha value is -0.620. The van der Waals surface area contributed by atoms with E-state index in [4.69, 9.17) is 5.11 Å². The minimum absolute atomic E-state index is 0.126. The summed E-state index contributed by atoms with van der Waals surface area (Å²) >= 11 is 0. The van der Waals surface area contributed by atoms with Crippen LogP contribution >= 0.6 is 0 Å². The fourth-order valence-corrected chi connectivity index (χ4v) is 2.17. The Morgan fingerprint density at radius 1 is 1.31 bits per heavy atom. The number of carboxylic acid groups (broad SMARTS) is 1. The Morgan fingerprint density at radius 3 is 2.31 bits per heavy atom. The molecule has 0 amide bonds. The third kappa shape index (κ3) is 6.79. The zero-order chi connectivity index (χ0) is 12.8. The first-order valence-electron chi connectivity index (χ1n) is 5.37. The van der Waals surface area contributed by atoms with Crippen LogP contribution in [0.2, 0.25) is 0 Å². The summed E-state index contributed by atoms with van der Waals surface area (Å²) in [7, 11) is -1.19. The lowest BCUT2D eigenvalue weighted by Gasteiger charge is -2.16. The van der Waals surface area contributed by atoms with Crippen LogP contribution in [0.1, 0.15) is 26.7 Å². The van der Waals surface area contributed by atoms with Crippen molar-refractivity contribution >= 4 is 15.8 Å². The Kier molecular flexibility index (Phi) is 6.59. The van der Waals surface area contributed by atoms with Crippen LogP contribution in [0.15, 0.2) is 0 Å². The van der Waals surface area contributed by atoms with Crippen molar-refractivity contribution < 1.29 is 18.3 Å². The molecular formula is C10H21NO4S. The molecule has 0 aliphatic rings. The van der Waals surface area contributed by atoms with Gasteiger partial charge in [0.15, 0.2) is 9.84 Å². The predicted octanol–water partition coefficient (Wildman–Crippen LogP) is 0.606. The first-order chi connectivity index (χ1) is 7.25. The lowest BCUT2D eigenvalue weighted by molar-refractivity contribution is -0.137. The van der Waals surface area contributed by atoms with E-state index >= 15 is 0 Å². The summed E-state index contributed by atoms with van der Waals surface area (Å²) in [6.45, 7) is 4.40. The Morgan fingerprint density at radius 2 is 1.88 bits per heavy atom. The standard InChI is InChI=1S/C10H21NO4S/c1-9(2)16(14,15)8-7-11(3)6-4-5-10(12)13/h9H,4-8H2,1-3H3,(H,12,13). The molecule has 0 aromatic heterocycles. The van der Waals surface area contributed by atoms with Gasteiger partial charge in [-0.2, -0.15) is 0 Å². The second-order valence-electron chi connectivity index (χ2n) is 4.22. The SMILES string of the molecule is CC(C)S(=O)(=O)CCN(C)CCCC(=O)O. The van der Waals surface area contributed by atoms with Crippen molar-refractivity contribution in [3.63, 3.8) is 0 Å². The van der Waals surface area contributed by atoms with Gasteiger partial charge >= 0.3 is 5.97 Å². The minimum atomic E-state index is -2.99. The van der Waals surface area contributed by atoms with E-state index in [-0.39, 0.29) is 17.4 Å². The van der Waals surface area contributed by atoms with Crippen LogP contribution in [0.4, 0.5) is 0 Å². The average molecular weight is 251 g/mol. The molecule has 0 aliphatic heterocycles. The van der Waals surface area contributed by atoms with E-state index in [1.165, 1.54) is 0 Å². The second-order valence-corrected chi connectivity index (χ2v) is 6.89. The largest absolute Gasteiger partial charge is 0.481 e. The predicted molar refractivity (Wildman–Crippen MR) is 63.3 cm³/mol. The summed E-state index contributed by atoms with van der Waals surface area (Å²) in [6, 6.07) is 0. The number of sulfone groups is 1. The van der Waals surface area contributed by atoms with Crippen molar-refractivity contribution in [1.82, 2.24) is 4.90 Å². The van der Waals surface area contributed by atoms with Crippen LogP contribution in [0.3, 0.4) is 0 Å². The molecule has 0 saturated carbocycles. The molecule has 16 heavy (non-hydrogen) atoms. The smallest absolute Gasteiger partial charge is 0.303 e. The average Bonchev–Trinajstić information content (AvgIpc) is 2.14. The zero-order valence-corrected chi connectivity index (χ0v) is 11.0. The maximum absolute atomic E-state index is 11.5. The van der Waals surface area contributed by atoms with Crippen molar-refractivity contribution in [1.29, 1.82) is 0 Å². The van der Waals surface area contributed by atoms with Gasteiger partial charge in [0.25, 0.3) is 0 Å². The number of carbonyl (C=O) groups is 1. The molecule has 0 heterocycles. The topological polar surface area (TPSA) is 74.7 Å². The Balaban J connectivity index is 3.82. The van der Waals surface area contributed by atoms with Crippen LogP contribution < -0.4 is 0 Å². The first-order valence-corrected chi connectivity index (χ1v) is 7.09. The fraction of sp³-hybridized carbons (Fsp3) is 0.900. The van der Waals surface area contributed by atoms with Crippen LogP contribution in [-0.4, -0.2) is 55.5 Å². The summed E-state index contributed by atoms with van der Waals surface area (Å²) in [4.78, 5) is 12.1. The summed E-state index contributed by atoms with van der Waals surface area (Å²) in [5.74, 6) is -0.683. The van der Waals surface area contributed by atoms with Crippen molar-refractivity contribution in [2.45, 2.75) is 31.9 Å². The molecule has 0 aromatic carbocycles. The molecule has 1 N–H and O–H groups in total. The summed E-state index contributed by atoms with van der Waals surface area (Å²) < 4.78 is 23.0. The number of hydrogen-bond acceptors (Lipinski definition) is 4. The molecule has 0 spiro atoms. The fourth-order valence-electron chi connectivity index (χ4n) is 1.13. The highest BCUT2D eigenvalue weighted by Crippen LogP contribution is 2.01. The third-order valence-electron chi connectivity index (χ3n) is 2.41. The molecule has 0 radical (unpaired) electrons. The number of carboxylic acids is 1. The van der Waals surface area contributed by atoms with E-state index in [0.717, 1.165) is 0 Å². The van der Waals surface area contributed by atoms with E-state index < -0.39 is 15.8 Å². The third-order valence-corrected chi connectivity index (χ3v) is 4.59. The van der Waals surface area contributed by atoms with Gasteiger partial charge in [0.05, 0.1) is 11.0 Å². The van der Waals surface area contributed by atoms with Crippen molar-refractivity contribution in [2.75, 3.05) is 25.9 Å². The lowest BCUT2D eigenvalue weighted by atomic mass is 10.3. The monoisotopic (exact) mass is 251 g/mol. The molecule has 0 aromatic rings. The van der Waals surface area contributed by atoms with Gasteiger partial charge in [-0.3, -0.25) is 4.79 Å². The highest BCUT2D eigenvalue weighted by atomic mass is 32.2. The molecule has 0 saturated heterocycles. The van der Waals surface area contributed by atoms with Gasteiger partial charge in [-0.05, 0) is 33.9 Å². The number of aliphatic carboxylic acids is 1. The van der Waals surface area contributed by atoms with E-state index in [0.29, 0.717) is 19.5 Å². The van der Waals surface area contributed by atoms with Crippen LogP contribution in [0, 0.1) is 0 Å². The normalized spacial score (nSPS) is 12.3. The molecule has 0 rings (SSSR count). The van der Waals surface area contributed by atoms with Gasteiger partial charge in [0, 0.05) is 13.0 Å². The van der Waals surface area contributed by atoms with Crippen molar-refractivity contribution in [3.8, 4) is 0 Å². The van der Waals surface area contributed by atoms with Gasteiger partial charge in [-0.1, -0.05) is 0 Å². The number of hydrogen-bond donors (Lipinski definition) is 1. The Labute approximate surface area is 97.4 Å². The maximum atomic E-state index is 11.5. The van der Waals surface area contributed by atoms with Gasteiger partial charge in [0.1, 0.15) is 0 Å². The van der Waals surface area contributed by atoms with Gasteiger partial charge in [0.2, 0.25) is 0 Å². The molecule has 0 atom stereocenters. The summed E-state index contributed by atoms with van der Waals surface area (Å²) in [6.07, 6.45) is 0.675. The van der Waals surface area contributed by atoms with Crippen LogP contribution in [-0.2, 0) is 14.6 Å². The van der Waals surface area contributed by atoms with E-state index in [2.05, 4.69) is 0 Å². The first kappa shape index (κ1) is 15.4. The number of nitrogens with zero attached hydrogens (tertiary/aromatic N) is 1. The maximum Gasteiger partial charge on any atom is 0.303 e. The van der Waals surface area contributed by atoms with Crippen LogP contribution in [0.5, 0.6) is 0 Å². The molecule has 0 fully saturated rings. The quantitative estimate of drug-likeness (QED) is 0.684. The minimum Gasteiger partial charge on any atom is -0.481 e. The second kappa shape index (κ2) is 6.85. The molecule has 0 aliphatic carbocycles. The molecule has 6 heteroatoms. The van der Waals surface area contributed by atoms with Gasteiger partial charge in [-0.25, -0.2) is 8.42 Å².